The molecule has 3 aliphatic rings. The standard InChI is InChI=1S/C23H37N5O3/c1-15(2)11-20(30)27-9-7-23(8-10-27)12-18(22-26-25-21(31-22)16(3)4)28(14-23)13-19(29)24-17-5-6-17/h15-18H,5-14H2,1-4H3,(H,24,29). The highest BCUT2D eigenvalue weighted by molar-refractivity contribution is 5.78. The van der Waals surface area contributed by atoms with Gasteiger partial charge < -0.3 is 14.6 Å². The topological polar surface area (TPSA) is 91.6 Å². The van der Waals surface area contributed by atoms with Crippen molar-refractivity contribution < 1.29 is 14.0 Å². The second-order valence-corrected chi connectivity index (χ2v) is 10.6. The van der Waals surface area contributed by atoms with Crippen molar-refractivity contribution in [3.05, 3.63) is 11.8 Å². The minimum atomic E-state index is -0.0390. The van der Waals surface area contributed by atoms with Crippen LogP contribution in [0.4, 0.5) is 0 Å². The molecular formula is C23H37N5O3. The van der Waals surface area contributed by atoms with Gasteiger partial charge in [0.15, 0.2) is 0 Å². The van der Waals surface area contributed by atoms with E-state index in [1.165, 1.54) is 0 Å². The highest BCUT2D eigenvalue weighted by Crippen LogP contribution is 2.48. The van der Waals surface area contributed by atoms with E-state index in [1.54, 1.807) is 0 Å². The molecule has 1 unspecified atom stereocenters. The number of nitrogens with zero attached hydrogens (tertiary/aromatic N) is 4. The zero-order chi connectivity index (χ0) is 22.2. The van der Waals surface area contributed by atoms with Crippen molar-refractivity contribution in [2.75, 3.05) is 26.2 Å². The van der Waals surface area contributed by atoms with Gasteiger partial charge in [-0.25, -0.2) is 0 Å². The summed E-state index contributed by atoms with van der Waals surface area (Å²) < 4.78 is 6.01. The van der Waals surface area contributed by atoms with Crippen LogP contribution < -0.4 is 5.32 Å². The molecule has 1 aliphatic carbocycles. The van der Waals surface area contributed by atoms with Gasteiger partial charge in [-0.2, -0.15) is 0 Å². The van der Waals surface area contributed by atoms with Gasteiger partial charge in [-0.05, 0) is 43.4 Å². The lowest BCUT2D eigenvalue weighted by Gasteiger charge is -2.39. The van der Waals surface area contributed by atoms with Crippen molar-refractivity contribution in [3.63, 3.8) is 0 Å². The largest absolute Gasteiger partial charge is 0.423 e. The Kier molecular flexibility index (Phi) is 6.37. The van der Waals surface area contributed by atoms with Gasteiger partial charge in [-0.1, -0.05) is 27.7 Å². The molecule has 8 nitrogen and oxygen atoms in total. The normalized spacial score (nSPS) is 23.8. The number of carbonyl (C=O) groups excluding carboxylic acids is 2. The molecule has 1 aromatic rings. The van der Waals surface area contributed by atoms with Gasteiger partial charge in [0.2, 0.25) is 23.6 Å². The molecule has 8 heteroatoms. The van der Waals surface area contributed by atoms with E-state index in [-0.39, 0.29) is 29.2 Å². The Labute approximate surface area is 185 Å². The summed E-state index contributed by atoms with van der Waals surface area (Å²) >= 11 is 0. The van der Waals surface area contributed by atoms with Gasteiger partial charge in [0, 0.05) is 38.0 Å². The Morgan fingerprint density at radius 2 is 1.87 bits per heavy atom. The fourth-order valence-electron chi connectivity index (χ4n) is 4.93. The Bertz CT molecular complexity index is 793. The van der Waals surface area contributed by atoms with E-state index in [0.29, 0.717) is 36.7 Å². The Balaban J connectivity index is 1.45. The van der Waals surface area contributed by atoms with Crippen molar-refractivity contribution in [1.29, 1.82) is 0 Å². The van der Waals surface area contributed by atoms with E-state index < -0.39 is 0 Å². The van der Waals surface area contributed by atoms with Crippen LogP contribution >= 0.6 is 0 Å². The van der Waals surface area contributed by atoms with Gasteiger partial charge in [0.1, 0.15) is 0 Å². The van der Waals surface area contributed by atoms with Gasteiger partial charge in [0.05, 0.1) is 12.6 Å². The molecule has 2 saturated heterocycles. The Morgan fingerprint density at radius 3 is 2.45 bits per heavy atom. The lowest BCUT2D eigenvalue weighted by molar-refractivity contribution is -0.134. The molecule has 172 valence electrons. The molecule has 1 atom stereocenters. The SMILES string of the molecule is CC(C)CC(=O)N1CCC2(CC1)CC(c1nnc(C(C)C)o1)N(CC(=O)NC1CC1)C2. The van der Waals surface area contributed by atoms with Gasteiger partial charge in [-0.15, -0.1) is 10.2 Å². The summed E-state index contributed by atoms with van der Waals surface area (Å²) in [6.45, 7) is 11.0. The number of rotatable bonds is 7. The number of piperidine rings is 1. The quantitative estimate of drug-likeness (QED) is 0.714. The van der Waals surface area contributed by atoms with Crippen LogP contribution in [-0.4, -0.2) is 64.0 Å². The van der Waals surface area contributed by atoms with E-state index in [2.05, 4.69) is 34.3 Å². The third-order valence-electron chi connectivity index (χ3n) is 6.89. The second kappa shape index (κ2) is 8.88. The molecule has 0 radical (unpaired) electrons. The van der Waals surface area contributed by atoms with Crippen molar-refractivity contribution in [2.45, 2.75) is 84.2 Å². The predicted octanol–water partition coefficient (Wildman–Crippen LogP) is 2.87. The van der Waals surface area contributed by atoms with Gasteiger partial charge in [-0.3, -0.25) is 14.5 Å². The molecule has 0 bridgehead atoms. The summed E-state index contributed by atoms with van der Waals surface area (Å²) in [7, 11) is 0. The van der Waals surface area contributed by atoms with E-state index in [0.717, 1.165) is 51.7 Å². The van der Waals surface area contributed by atoms with Crippen LogP contribution in [0, 0.1) is 11.3 Å². The second-order valence-electron chi connectivity index (χ2n) is 10.6. The van der Waals surface area contributed by atoms with Crippen molar-refractivity contribution >= 4 is 11.8 Å². The van der Waals surface area contributed by atoms with E-state index in [4.69, 9.17) is 4.42 Å². The smallest absolute Gasteiger partial charge is 0.234 e. The number of hydrogen-bond acceptors (Lipinski definition) is 6. The monoisotopic (exact) mass is 431 g/mol. The maximum absolute atomic E-state index is 12.6. The van der Waals surface area contributed by atoms with Crippen LogP contribution in [0.5, 0.6) is 0 Å². The van der Waals surface area contributed by atoms with Crippen LogP contribution in [0.1, 0.15) is 90.0 Å². The van der Waals surface area contributed by atoms with Crippen LogP contribution in [0.2, 0.25) is 0 Å². The molecule has 2 amide bonds. The molecule has 1 saturated carbocycles. The molecule has 3 fully saturated rings. The van der Waals surface area contributed by atoms with E-state index >= 15 is 0 Å². The fraction of sp³-hybridized carbons (Fsp3) is 0.826. The maximum Gasteiger partial charge on any atom is 0.234 e. The number of carbonyl (C=O) groups is 2. The molecule has 3 heterocycles. The highest BCUT2D eigenvalue weighted by atomic mass is 16.4. The third-order valence-corrected chi connectivity index (χ3v) is 6.89. The van der Waals surface area contributed by atoms with Gasteiger partial charge in [0.25, 0.3) is 0 Å². The number of aromatic nitrogens is 2. The highest BCUT2D eigenvalue weighted by Gasteiger charge is 2.48. The van der Waals surface area contributed by atoms with E-state index in [1.807, 2.05) is 18.7 Å². The molecule has 1 spiro atoms. The molecule has 31 heavy (non-hydrogen) atoms. The lowest BCUT2D eigenvalue weighted by atomic mass is 9.76. The number of nitrogens with one attached hydrogen (secondary N) is 1. The Hall–Kier alpha value is -1.96. The van der Waals surface area contributed by atoms with Crippen molar-refractivity contribution in [2.24, 2.45) is 11.3 Å². The summed E-state index contributed by atoms with van der Waals surface area (Å²) in [6, 6.07) is 0.316. The third kappa shape index (κ3) is 5.27. The first-order valence-electron chi connectivity index (χ1n) is 11.9. The Morgan fingerprint density at radius 1 is 1.16 bits per heavy atom. The van der Waals surface area contributed by atoms with Crippen LogP contribution in [0.3, 0.4) is 0 Å². The average molecular weight is 432 g/mol. The minimum Gasteiger partial charge on any atom is -0.423 e. The zero-order valence-corrected chi connectivity index (χ0v) is 19.4. The minimum absolute atomic E-state index is 0.0390. The van der Waals surface area contributed by atoms with Crippen molar-refractivity contribution in [1.82, 2.24) is 25.3 Å². The number of hydrogen-bond donors (Lipinski definition) is 1. The summed E-state index contributed by atoms with van der Waals surface area (Å²) in [5.74, 6) is 2.17. The molecular weight excluding hydrogens is 394 g/mol. The first-order valence-corrected chi connectivity index (χ1v) is 11.9. The number of likely N-dealkylation sites (tertiary alicyclic amines) is 2. The summed E-state index contributed by atoms with van der Waals surface area (Å²) in [4.78, 5) is 29.3. The lowest BCUT2D eigenvalue weighted by Crippen LogP contribution is -2.45. The first kappa shape index (κ1) is 22.2. The molecule has 2 aliphatic heterocycles. The van der Waals surface area contributed by atoms with Crippen LogP contribution in [0.25, 0.3) is 0 Å². The van der Waals surface area contributed by atoms with Crippen LogP contribution in [0.15, 0.2) is 4.42 Å². The summed E-state index contributed by atoms with van der Waals surface area (Å²) in [5, 5.41) is 11.7. The molecule has 1 aromatic heterocycles. The van der Waals surface area contributed by atoms with E-state index in [9.17, 15) is 9.59 Å². The predicted molar refractivity (Wildman–Crippen MR) is 116 cm³/mol. The summed E-state index contributed by atoms with van der Waals surface area (Å²) in [5.41, 5.74) is 0.0889. The first-order chi connectivity index (χ1) is 14.7. The van der Waals surface area contributed by atoms with Crippen LogP contribution in [-0.2, 0) is 9.59 Å². The zero-order valence-electron chi connectivity index (χ0n) is 19.4. The molecule has 4 rings (SSSR count). The molecule has 0 aromatic carbocycles. The van der Waals surface area contributed by atoms with Gasteiger partial charge >= 0.3 is 0 Å². The fourth-order valence-corrected chi connectivity index (χ4v) is 4.93. The maximum atomic E-state index is 12.6. The van der Waals surface area contributed by atoms with Crippen molar-refractivity contribution in [3.8, 4) is 0 Å². The molecule has 1 N–H and O–H groups in total. The summed E-state index contributed by atoms with van der Waals surface area (Å²) in [6.07, 6.45) is 5.60. The number of amides is 2. The average Bonchev–Trinajstić information content (AvgIpc) is 3.24.